The number of hydrogen-bond donors (Lipinski definition) is 1. The smallest absolute Gasteiger partial charge is 0.252 e. The maximum atomic E-state index is 11.9. The molecule has 0 radical (unpaired) electrons. The largest absolute Gasteiger partial charge is 0.347 e. The molecule has 0 saturated carbocycles. The van der Waals surface area contributed by atoms with Crippen molar-refractivity contribution < 1.29 is 4.79 Å². The van der Waals surface area contributed by atoms with Crippen molar-refractivity contribution in [2.75, 3.05) is 0 Å². The van der Waals surface area contributed by atoms with E-state index in [0.717, 1.165) is 15.6 Å². The van der Waals surface area contributed by atoms with E-state index in [-0.39, 0.29) is 11.4 Å². The molecule has 0 saturated heterocycles. The van der Waals surface area contributed by atoms with E-state index in [1.54, 1.807) is 0 Å². The van der Waals surface area contributed by atoms with Crippen LogP contribution in [-0.4, -0.2) is 11.4 Å². The summed E-state index contributed by atoms with van der Waals surface area (Å²) in [6.07, 6.45) is 0.919. The molecule has 1 rings (SSSR count). The molecule has 0 atom stereocenters. The van der Waals surface area contributed by atoms with Crippen LogP contribution in [0.2, 0.25) is 0 Å². The Kier molecular flexibility index (Phi) is 4.13. The minimum absolute atomic E-state index is 0.00634. The van der Waals surface area contributed by atoms with E-state index < -0.39 is 0 Å². The Balaban J connectivity index is 2.83. The molecular weight excluding hydrogens is 301 g/mol. The molecule has 15 heavy (non-hydrogen) atoms. The van der Waals surface area contributed by atoms with Crippen LogP contribution >= 0.6 is 22.6 Å². The Labute approximate surface area is 105 Å². The molecular formula is C12H16INO. The first-order valence-corrected chi connectivity index (χ1v) is 6.11. The zero-order valence-electron chi connectivity index (χ0n) is 9.30. The number of benzene rings is 1. The first kappa shape index (κ1) is 12.5. The van der Waals surface area contributed by atoms with Gasteiger partial charge in [-0.3, -0.25) is 4.79 Å². The third kappa shape index (κ3) is 3.48. The fraction of sp³-hybridized carbons (Fsp3) is 0.417. The summed E-state index contributed by atoms with van der Waals surface area (Å²) in [5, 5.41) is 3.02. The number of nitrogens with one attached hydrogen (secondary N) is 1. The van der Waals surface area contributed by atoms with Crippen LogP contribution in [-0.2, 0) is 0 Å². The average molecular weight is 317 g/mol. The number of carbonyl (C=O) groups excluding carboxylic acids is 1. The summed E-state index contributed by atoms with van der Waals surface area (Å²) in [6.45, 7) is 6.12. The van der Waals surface area contributed by atoms with Gasteiger partial charge in [0.05, 0.1) is 5.56 Å². The van der Waals surface area contributed by atoms with E-state index >= 15 is 0 Å². The molecule has 1 amide bonds. The summed E-state index contributed by atoms with van der Waals surface area (Å²) < 4.78 is 0.986. The average Bonchev–Trinajstić information content (AvgIpc) is 2.17. The maximum absolute atomic E-state index is 11.9. The van der Waals surface area contributed by atoms with Crippen molar-refractivity contribution in [1.29, 1.82) is 0 Å². The fourth-order valence-corrected chi connectivity index (χ4v) is 1.74. The Bertz CT molecular complexity index is 360. The summed E-state index contributed by atoms with van der Waals surface area (Å²) >= 11 is 2.18. The summed E-state index contributed by atoms with van der Waals surface area (Å²) in [5.41, 5.74) is 0.607. The van der Waals surface area contributed by atoms with Crippen molar-refractivity contribution in [3.63, 3.8) is 0 Å². The van der Waals surface area contributed by atoms with Crippen molar-refractivity contribution in [1.82, 2.24) is 5.32 Å². The predicted molar refractivity (Wildman–Crippen MR) is 71.0 cm³/mol. The standard InChI is InChI=1S/C12H16INO/c1-4-12(2,3)14-11(15)9-7-5-6-8-10(9)13/h5-8H,4H2,1-3H3,(H,14,15). The van der Waals surface area contributed by atoms with E-state index in [1.165, 1.54) is 0 Å². The maximum Gasteiger partial charge on any atom is 0.252 e. The van der Waals surface area contributed by atoms with Gasteiger partial charge in [-0.2, -0.15) is 0 Å². The summed E-state index contributed by atoms with van der Waals surface area (Å²) in [6, 6.07) is 7.61. The van der Waals surface area contributed by atoms with Gasteiger partial charge in [0.15, 0.2) is 0 Å². The van der Waals surface area contributed by atoms with E-state index in [2.05, 4.69) is 34.8 Å². The number of rotatable bonds is 3. The number of carbonyl (C=O) groups is 1. The van der Waals surface area contributed by atoms with Crippen LogP contribution in [0.4, 0.5) is 0 Å². The Morgan fingerprint density at radius 1 is 1.40 bits per heavy atom. The van der Waals surface area contributed by atoms with Crippen LogP contribution in [0.25, 0.3) is 0 Å². The number of hydrogen-bond acceptors (Lipinski definition) is 1. The van der Waals surface area contributed by atoms with Crippen LogP contribution in [0.3, 0.4) is 0 Å². The molecule has 1 aromatic rings. The monoisotopic (exact) mass is 317 g/mol. The molecule has 0 heterocycles. The third-order valence-corrected chi connectivity index (χ3v) is 3.39. The lowest BCUT2D eigenvalue weighted by molar-refractivity contribution is 0.0910. The van der Waals surface area contributed by atoms with Crippen molar-refractivity contribution in [2.24, 2.45) is 0 Å². The van der Waals surface area contributed by atoms with Crippen molar-refractivity contribution in [3.8, 4) is 0 Å². The van der Waals surface area contributed by atoms with E-state index in [4.69, 9.17) is 0 Å². The quantitative estimate of drug-likeness (QED) is 0.852. The number of halogens is 1. The molecule has 0 unspecified atom stereocenters. The highest BCUT2D eigenvalue weighted by Crippen LogP contribution is 2.14. The molecule has 0 aromatic heterocycles. The number of amides is 1. The summed E-state index contributed by atoms with van der Waals surface area (Å²) in [5.74, 6) is 0.00634. The van der Waals surface area contributed by atoms with Gasteiger partial charge in [-0.1, -0.05) is 19.1 Å². The molecule has 2 nitrogen and oxygen atoms in total. The molecule has 1 N–H and O–H groups in total. The topological polar surface area (TPSA) is 29.1 Å². The first-order chi connectivity index (χ1) is 6.96. The van der Waals surface area contributed by atoms with Gasteiger partial charge in [0.2, 0.25) is 0 Å². The second kappa shape index (κ2) is 4.96. The molecule has 0 aliphatic rings. The lowest BCUT2D eigenvalue weighted by atomic mass is 10.0. The Morgan fingerprint density at radius 2 is 2.00 bits per heavy atom. The van der Waals surface area contributed by atoms with Gasteiger partial charge in [-0.05, 0) is 55.0 Å². The van der Waals surface area contributed by atoms with Gasteiger partial charge < -0.3 is 5.32 Å². The second-order valence-corrected chi connectivity index (χ2v) is 5.33. The third-order valence-electron chi connectivity index (χ3n) is 2.45. The lowest BCUT2D eigenvalue weighted by Crippen LogP contribution is -2.43. The molecule has 0 aliphatic heterocycles. The van der Waals surface area contributed by atoms with E-state index in [9.17, 15) is 4.79 Å². The van der Waals surface area contributed by atoms with E-state index in [0.29, 0.717) is 0 Å². The molecule has 1 aromatic carbocycles. The van der Waals surface area contributed by atoms with Gasteiger partial charge in [-0.15, -0.1) is 0 Å². The fourth-order valence-electron chi connectivity index (χ4n) is 1.11. The van der Waals surface area contributed by atoms with Crippen LogP contribution in [0.1, 0.15) is 37.6 Å². The predicted octanol–water partition coefficient (Wildman–Crippen LogP) is 3.21. The lowest BCUT2D eigenvalue weighted by Gasteiger charge is -2.24. The normalized spacial score (nSPS) is 11.2. The van der Waals surface area contributed by atoms with Gasteiger partial charge >= 0.3 is 0 Å². The van der Waals surface area contributed by atoms with Crippen LogP contribution in [0.5, 0.6) is 0 Å². The molecule has 82 valence electrons. The van der Waals surface area contributed by atoms with Gasteiger partial charge in [-0.25, -0.2) is 0 Å². The summed E-state index contributed by atoms with van der Waals surface area (Å²) in [7, 11) is 0. The second-order valence-electron chi connectivity index (χ2n) is 4.17. The minimum atomic E-state index is -0.143. The highest BCUT2D eigenvalue weighted by Gasteiger charge is 2.19. The van der Waals surface area contributed by atoms with Crippen molar-refractivity contribution >= 4 is 28.5 Å². The van der Waals surface area contributed by atoms with Crippen LogP contribution in [0, 0.1) is 3.57 Å². The zero-order valence-corrected chi connectivity index (χ0v) is 11.5. The van der Waals surface area contributed by atoms with Gasteiger partial charge in [0, 0.05) is 9.11 Å². The Hall–Kier alpha value is -0.580. The summed E-state index contributed by atoms with van der Waals surface area (Å²) in [4.78, 5) is 11.9. The molecule has 0 spiro atoms. The van der Waals surface area contributed by atoms with Crippen LogP contribution in [0.15, 0.2) is 24.3 Å². The van der Waals surface area contributed by atoms with Crippen LogP contribution < -0.4 is 5.32 Å². The van der Waals surface area contributed by atoms with Gasteiger partial charge in [0.1, 0.15) is 0 Å². The zero-order chi connectivity index (χ0) is 11.5. The van der Waals surface area contributed by atoms with E-state index in [1.807, 2.05) is 38.1 Å². The highest BCUT2D eigenvalue weighted by atomic mass is 127. The first-order valence-electron chi connectivity index (χ1n) is 5.03. The van der Waals surface area contributed by atoms with Crippen molar-refractivity contribution in [3.05, 3.63) is 33.4 Å². The minimum Gasteiger partial charge on any atom is -0.347 e. The Morgan fingerprint density at radius 3 is 2.53 bits per heavy atom. The molecule has 0 bridgehead atoms. The van der Waals surface area contributed by atoms with Gasteiger partial charge in [0.25, 0.3) is 5.91 Å². The molecule has 0 fully saturated rings. The highest BCUT2D eigenvalue weighted by molar-refractivity contribution is 14.1. The molecule has 3 heteroatoms. The molecule has 0 aliphatic carbocycles. The SMILES string of the molecule is CCC(C)(C)NC(=O)c1ccccc1I. The van der Waals surface area contributed by atoms with Crippen molar-refractivity contribution in [2.45, 2.75) is 32.7 Å².